The Morgan fingerprint density at radius 2 is 1.71 bits per heavy atom. The predicted molar refractivity (Wildman–Crippen MR) is 93.2 cm³/mol. The molecule has 6 heteroatoms. The number of nitrogens with zero attached hydrogens (tertiary/aromatic N) is 1. The van der Waals surface area contributed by atoms with E-state index in [4.69, 9.17) is 0 Å². The SMILES string of the molecule is CC(C)C(=O)NCc1cccc(NC(=O)NCc2ccncc2)c1. The summed E-state index contributed by atoms with van der Waals surface area (Å²) >= 11 is 0. The Hall–Kier alpha value is -2.89. The third-order valence-corrected chi connectivity index (χ3v) is 3.38. The number of hydrogen-bond acceptors (Lipinski definition) is 3. The highest BCUT2D eigenvalue weighted by molar-refractivity contribution is 5.89. The average Bonchev–Trinajstić information content (AvgIpc) is 2.59. The van der Waals surface area contributed by atoms with Gasteiger partial charge in [-0.1, -0.05) is 26.0 Å². The Morgan fingerprint density at radius 1 is 1.00 bits per heavy atom. The molecule has 1 aromatic heterocycles. The second-order valence-corrected chi connectivity index (χ2v) is 5.74. The molecule has 1 heterocycles. The minimum Gasteiger partial charge on any atom is -0.352 e. The first-order chi connectivity index (χ1) is 11.5. The zero-order valence-electron chi connectivity index (χ0n) is 13.9. The maximum atomic E-state index is 11.9. The maximum Gasteiger partial charge on any atom is 0.319 e. The lowest BCUT2D eigenvalue weighted by Crippen LogP contribution is -2.28. The largest absolute Gasteiger partial charge is 0.352 e. The van der Waals surface area contributed by atoms with Crippen molar-refractivity contribution < 1.29 is 9.59 Å². The van der Waals surface area contributed by atoms with Crippen LogP contribution in [0, 0.1) is 5.92 Å². The maximum absolute atomic E-state index is 11.9. The summed E-state index contributed by atoms with van der Waals surface area (Å²) in [6, 6.07) is 10.8. The van der Waals surface area contributed by atoms with Crippen LogP contribution < -0.4 is 16.0 Å². The summed E-state index contributed by atoms with van der Waals surface area (Å²) in [7, 11) is 0. The van der Waals surface area contributed by atoms with Crippen LogP contribution in [0.25, 0.3) is 0 Å². The van der Waals surface area contributed by atoms with Gasteiger partial charge >= 0.3 is 6.03 Å². The number of rotatable bonds is 6. The highest BCUT2D eigenvalue weighted by Gasteiger charge is 2.07. The summed E-state index contributed by atoms with van der Waals surface area (Å²) < 4.78 is 0. The normalized spacial score (nSPS) is 10.3. The molecule has 2 rings (SSSR count). The van der Waals surface area contributed by atoms with Gasteiger partial charge in [-0.05, 0) is 35.4 Å². The fraction of sp³-hybridized carbons (Fsp3) is 0.278. The summed E-state index contributed by atoms with van der Waals surface area (Å²) in [5.41, 5.74) is 2.58. The lowest BCUT2D eigenvalue weighted by Gasteiger charge is -2.10. The summed E-state index contributed by atoms with van der Waals surface area (Å²) in [4.78, 5) is 27.5. The minimum absolute atomic E-state index is 0.00320. The zero-order chi connectivity index (χ0) is 17.4. The average molecular weight is 326 g/mol. The van der Waals surface area contributed by atoms with Crippen molar-refractivity contribution in [3.05, 3.63) is 59.9 Å². The van der Waals surface area contributed by atoms with Gasteiger partial charge in [-0.3, -0.25) is 9.78 Å². The van der Waals surface area contributed by atoms with Gasteiger partial charge in [-0.15, -0.1) is 0 Å². The molecule has 0 atom stereocenters. The van der Waals surface area contributed by atoms with Gasteiger partial charge in [0.15, 0.2) is 0 Å². The highest BCUT2D eigenvalue weighted by Crippen LogP contribution is 2.11. The molecule has 1 aromatic carbocycles. The topological polar surface area (TPSA) is 83.1 Å². The van der Waals surface area contributed by atoms with E-state index in [0.717, 1.165) is 11.1 Å². The standard InChI is InChI=1S/C18H22N4O2/c1-13(2)17(23)20-12-15-4-3-5-16(10-15)22-18(24)21-11-14-6-8-19-9-7-14/h3-10,13H,11-12H2,1-2H3,(H,20,23)(H2,21,22,24). The van der Waals surface area contributed by atoms with Gasteiger partial charge in [0.1, 0.15) is 0 Å². The molecule has 3 amide bonds. The number of carbonyl (C=O) groups is 2. The molecular weight excluding hydrogens is 304 g/mol. The summed E-state index contributed by atoms with van der Waals surface area (Å²) in [5, 5.41) is 8.42. The Kier molecular flexibility index (Phi) is 6.31. The van der Waals surface area contributed by atoms with Crippen LogP contribution >= 0.6 is 0 Å². The van der Waals surface area contributed by atoms with Crippen LogP contribution in [0.3, 0.4) is 0 Å². The third kappa shape index (κ3) is 5.72. The van der Waals surface area contributed by atoms with E-state index >= 15 is 0 Å². The van der Waals surface area contributed by atoms with Crippen molar-refractivity contribution in [1.29, 1.82) is 0 Å². The van der Waals surface area contributed by atoms with Crippen molar-refractivity contribution in [3.63, 3.8) is 0 Å². The van der Waals surface area contributed by atoms with Crippen LogP contribution in [-0.4, -0.2) is 16.9 Å². The van der Waals surface area contributed by atoms with E-state index in [1.54, 1.807) is 18.5 Å². The molecule has 24 heavy (non-hydrogen) atoms. The lowest BCUT2D eigenvalue weighted by atomic mass is 10.1. The molecule has 0 saturated carbocycles. The number of amides is 3. The quantitative estimate of drug-likeness (QED) is 0.763. The van der Waals surface area contributed by atoms with Crippen molar-refractivity contribution in [2.75, 3.05) is 5.32 Å². The smallest absolute Gasteiger partial charge is 0.319 e. The van der Waals surface area contributed by atoms with E-state index in [0.29, 0.717) is 18.8 Å². The molecule has 0 aliphatic rings. The van der Waals surface area contributed by atoms with Gasteiger partial charge in [-0.2, -0.15) is 0 Å². The van der Waals surface area contributed by atoms with Crippen molar-refractivity contribution in [2.24, 2.45) is 5.92 Å². The van der Waals surface area contributed by atoms with E-state index in [2.05, 4.69) is 20.9 Å². The number of benzene rings is 1. The van der Waals surface area contributed by atoms with Gasteiger partial charge in [-0.25, -0.2) is 4.79 Å². The first-order valence-electron chi connectivity index (χ1n) is 7.85. The minimum atomic E-state index is -0.282. The molecule has 0 aliphatic carbocycles. The predicted octanol–water partition coefficient (Wildman–Crippen LogP) is 2.68. The number of aromatic nitrogens is 1. The summed E-state index contributed by atoms with van der Waals surface area (Å²) in [6.07, 6.45) is 3.37. The molecule has 0 saturated heterocycles. The van der Waals surface area contributed by atoms with Gasteiger partial charge in [0.05, 0.1) is 0 Å². The Balaban J connectivity index is 1.84. The third-order valence-electron chi connectivity index (χ3n) is 3.38. The Morgan fingerprint density at radius 3 is 2.42 bits per heavy atom. The molecule has 0 fully saturated rings. The fourth-order valence-electron chi connectivity index (χ4n) is 2.01. The summed E-state index contributed by atoms with van der Waals surface area (Å²) in [6.45, 7) is 4.56. The van der Waals surface area contributed by atoms with Crippen LogP contribution in [0.4, 0.5) is 10.5 Å². The van der Waals surface area contributed by atoms with Gasteiger partial charge in [0, 0.05) is 37.1 Å². The van der Waals surface area contributed by atoms with Crippen LogP contribution in [0.1, 0.15) is 25.0 Å². The van der Waals surface area contributed by atoms with Crippen molar-refractivity contribution in [2.45, 2.75) is 26.9 Å². The van der Waals surface area contributed by atoms with E-state index in [1.807, 2.05) is 44.2 Å². The number of pyridine rings is 1. The zero-order valence-corrected chi connectivity index (χ0v) is 13.9. The Bertz CT molecular complexity index is 686. The van der Waals surface area contributed by atoms with Gasteiger partial charge in [0.25, 0.3) is 0 Å². The van der Waals surface area contributed by atoms with Crippen LogP contribution in [-0.2, 0) is 17.9 Å². The number of anilines is 1. The first kappa shape index (κ1) is 17.5. The van der Waals surface area contributed by atoms with Crippen molar-refractivity contribution >= 4 is 17.6 Å². The van der Waals surface area contributed by atoms with Crippen molar-refractivity contribution in [1.82, 2.24) is 15.6 Å². The second-order valence-electron chi connectivity index (χ2n) is 5.74. The second kappa shape index (κ2) is 8.67. The molecular formula is C18H22N4O2. The van der Waals surface area contributed by atoms with Crippen LogP contribution in [0.5, 0.6) is 0 Å². The lowest BCUT2D eigenvalue weighted by molar-refractivity contribution is -0.124. The van der Waals surface area contributed by atoms with E-state index in [9.17, 15) is 9.59 Å². The molecule has 0 radical (unpaired) electrons. The number of nitrogens with one attached hydrogen (secondary N) is 3. The molecule has 3 N–H and O–H groups in total. The molecule has 6 nitrogen and oxygen atoms in total. The number of urea groups is 1. The Labute approximate surface area is 141 Å². The van der Waals surface area contributed by atoms with Crippen molar-refractivity contribution in [3.8, 4) is 0 Å². The van der Waals surface area contributed by atoms with Gasteiger partial charge < -0.3 is 16.0 Å². The van der Waals surface area contributed by atoms with E-state index in [-0.39, 0.29) is 17.9 Å². The molecule has 0 bridgehead atoms. The molecule has 0 unspecified atom stereocenters. The molecule has 0 spiro atoms. The monoisotopic (exact) mass is 326 g/mol. The van der Waals surface area contributed by atoms with E-state index < -0.39 is 0 Å². The molecule has 0 aliphatic heterocycles. The summed E-state index contributed by atoms with van der Waals surface area (Å²) in [5.74, 6) is -0.0475. The van der Waals surface area contributed by atoms with Crippen LogP contribution in [0.2, 0.25) is 0 Å². The highest BCUT2D eigenvalue weighted by atomic mass is 16.2. The first-order valence-corrected chi connectivity index (χ1v) is 7.85. The molecule has 126 valence electrons. The van der Waals surface area contributed by atoms with E-state index in [1.165, 1.54) is 0 Å². The molecule has 2 aromatic rings. The number of hydrogen-bond donors (Lipinski definition) is 3. The number of carbonyl (C=O) groups excluding carboxylic acids is 2. The fourth-order valence-corrected chi connectivity index (χ4v) is 2.01. The van der Waals surface area contributed by atoms with Crippen LogP contribution in [0.15, 0.2) is 48.8 Å². The van der Waals surface area contributed by atoms with Gasteiger partial charge in [0.2, 0.25) is 5.91 Å².